The largest absolute Gasteiger partial charge is 0.314 e. The average molecular weight is 274 g/mol. The van der Waals surface area contributed by atoms with Crippen molar-refractivity contribution in [2.75, 3.05) is 18.1 Å². The highest BCUT2D eigenvalue weighted by Gasteiger charge is 2.22. The number of rotatable bonds is 4. The van der Waals surface area contributed by atoms with Gasteiger partial charge in [0.05, 0.1) is 22.2 Å². The highest BCUT2D eigenvalue weighted by atomic mass is 32.2. The maximum absolute atomic E-state index is 11.3. The van der Waals surface area contributed by atoms with Crippen LogP contribution in [0.2, 0.25) is 0 Å². The summed E-state index contributed by atoms with van der Waals surface area (Å²) in [6.45, 7) is 2.89. The van der Waals surface area contributed by atoms with Crippen molar-refractivity contribution in [1.29, 1.82) is 0 Å². The highest BCUT2D eigenvalue weighted by Crippen LogP contribution is 2.12. The number of nitrogens with one attached hydrogen (secondary N) is 1. The minimum Gasteiger partial charge on any atom is -0.314 e. The molecule has 0 aromatic carbocycles. The number of aryl methyl sites for hydroxylation is 1. The first-order valence-electron chi connectivity index (χ1n) is 5.90. The molecular formula is C11H18N2O2S2. The predicted octanol–water partition coefficient (Wildman–Crippen LogP) is 1.16. The van der Waals surface area contributed by atoms with Crippen LogP contribution in [-0.4, -0.2) is 37.5 Å². The number of sulfone groups is 1. The maximum Gasteiger partial charge on any atom is 0.150 e. The number of hydrogen-bond donors (Lipinski definition) is 1. The van der Waals surface area contributed by atoms with Crippen LogP contribution in [0.5, 0.6) is 0 Å². The Hall–Kier alpha value is -0.460. The van der Waals surface area contributed by atoms with E-state index in [1.54, 1.807) is 11.3 Å². The number of thiazole rings is 1. The smallest absolute Gasteiger partial charge is 0.150 e. The zero-order chi connectivity index (χ0) is 12.3. The van der Waals surface area contributed by atoms with Gasteiger partial charge in [-0.05, 0) is 19.8 Å². The predicted molar refractivity (Wildman–Crippen MR) is 70.2 cm³/mol. The van der Waals surface area contributed by atoms with Crippen LogP contribution >= 0.6 is 11.3 Å². The molecule has 0 atom stereocenters. The summed E-state index contributed by atoms with van der Waals surface area (Å²) in [5.74, 6) is 0.668. The Morgan fingerprint density at radius 3 is 2.76 bits per heavy atom. The van der Waals surface area contributed by atoms with Gasteiger partial charge in [0.2, 0.25) is 0 Å². The fourth-order valence-corrected chi connectivity index (χ4v) is 4.16. The van der Waals surface area contributed by atoms with Crippen molar-refractivity contribution in [3.05, 3.63) is 16.1 Å². The van der Waals surface area contributed by atoms with Gasteiger partial charge in [0, 0.05) is 24.4 Å². The Balaban J connectivity index is 1.70. The van der Waals surface area contributed by atoms with E-state index in [1.165, 1.54) is 0 Å². The summed E-state index contributed by atoms with van der Waals surface area (Å²) in [6.07, 6.45) is 2.42. The normalized spacial score (nSPS) is 20.5. The lowest BCUT2D eigenvalue weighted by atomic mass is 10.1. The molecule has 0 aliphatic carbocycles. The van der Waals surface area contributed by atoms with Gasteiger partial charge >= 0.3 is 0 Å². The summed E-state index contributed by atoms with van der Waals surface area (Å²) < 4.78 is 22.5. The lowest BCUT2D eigenvalue weighted by Crippen LogP contribution is -2.38. The van der Waals surface area contributed by atoms with Gasteiger partial charge in [-0.3, -0.25) is 0 Å². The molecule has 2 heterocycles. The molecule has 1 saturated heterocycles. The maximum atomic E-state index is 11.3. The third-order valence-electron chi connectivity index (χ3n) is 3.04. The molecule has 0 saturated carbocycles. The third kappa shape index (κ3) is 4.04. The highest BCUT2D eigenvalue weighted by molar-refractivity contribution is 7.91. The van der Waals surface area contributed by atoms with Crippen molar-refractivity contribution >= 4 is 21.2 Å². The monoisotopic (exact) mass is 274 g/mol. The molecule has 6 heteroatoms. The van der Waals surface area contributed by atoms with E-state index in [0.717, 1.165) is 36.5 Å². The Bertz CT molecular complexity index is 454. The van der Waals surface area contributed by atoms with E-state index in [1.807, 2.05) is 6.92 Å². The summed E-state index contributed by atoms with van der Waals surface area (Å²) in [5, 5.41) is 6.60. The summed E-state index contributed by atoms with van der Waals surface area (Å²) in [5.41, 5.74) is 1.13. The number of nitrogens with zero attached hydrogens (tertiary/aromatic N) is 1. The van der Waals surface area contributed by atoms with Crippen molar-refractivity contribution in [3.63, 3.8) is 0 Å². The van der Waals surface area contributed by atoms with Gasteiger partial charge in [-0.15, -0.1) is 11.3 Å². The van der Waals surface area contributed by atoms with Crippen molar-refractivity contribution in [2.45, 2.75) is 32.2 Å². The van der Waals surface area contributed by atoms with E-state index in [4.69, 9.17) is 0 Å². The van der Waals surface area contributed by atoms with Gasteiger partial charge in [0.15, 0.2) is 0 Å². The topological polar surface area (TPSA) is 59.1 Å². The van der Waals surface area contributed by atoms with Crippen molar-refractivity contribution in [2.24, 2.45) is 0 Å². The summed E-state index contributed by atoms with van der Waals surface area (Å²) in [6, 6.07) is 0.359. The van der Waals surface area contributed by atoms with Crippen LogP contribution in [0.3, 0.4) is 0 Å². The van der Waals surface area contributed by atoms with Crippen LogP contribution in [0.15, 0.2) is 5.38 Å². The minimum atomic E-state index is -2.74. The van der Waals surface area contributed by atoms with Gasteiger partial charge in [0.25, 0.3) is 0 Å². The van der Waals surface area contributed by atoms with Crippen LogP contribution in [-0.2, 0) is 16.3 Å². The molecule has 2 rings (SSSR count). The first kappa shape index (κ1) is 13.0. The van der Waals surface area contributed by atoms with Crippen LogP contribution in [0.4, 0.5) is 0 Å². The lowest BCUT2D eigenvalue weighted by molar-refractivity contribution is 0.465. The van der Waals surface area contributed by atoms with Gasteiger partial charge in [-0.2, -0.15) is 0 Å². The Labute approximate surface area is 106 Å². The van der Waals surface area contributed by atoms with E-state index < -0.39 is 9.84 Å². The summed E-state index contributed by atoms with van der Waals surface area (Å²) >= 11 is 1.67. The molecule has 0 amide bonds. The molecule has 1 aliphatic rings. The second kappa shape index (κ2) is 5.46. The SMILES string of the molecule is Cc1nc(CCNC2CCS(=O)(=O)CC2)cs1. The Morgan fingerprint density at radius 1 is 1.47 bits per heavy atom. The van der Waals surface area contributed by atoms with Crippen molar-refractivity contribution in [3.8, 4) is 0 Å². The number of hydrogen-bond acceptors (Lipinski definition) is 5. The minimum absolute atomic E-state index is 0.334. The van der Waals surface area contributed by atoms with Gasteiger partial charge in [-0.1, -0.05) is 0 Å². The zero-order valence-electron chi connectivity index (χ0n) is 9.98. The molecule has 1 N–H and O–H groups in total. The Morgan fingerprint density at radius 2 is 2.18 bits per heavy atom. The first-order chi connectivity index (χ1) is 8.05. The molecule has 0 bridgehead atoms. The molecule has 1 aromatic rings. The van der Waals surface area contributed by atoms with Crippen LogP contribution in [0.25, 0.3) is 0 Å². The molecule has 1 fully saturated rings. The average Bonchev–Trinajstić information content (AvgIpc) is 2.67. The van der Waals surface area contributed by atoms with E-state index in [-0.39, 0.29) is 0 Å². The summed E-state index contributed by atoms with van der Waals surface area (Å²) in [4.78, 5) is 4.40. The van der Waals surface area contributed by atoms with Crippen molar-refractivity contribution in [1.82, 2.24) is 10.3 Å². The Kier molecular flexibility index (Phi) is 4.17. The molecule has 96 valence electrons. The van der Waals surface area contributed by atoms with Gasteiger partial charge in [-0.25, -0.2) is 13.4 Å². The van der Waals surface area contributed by atoms with Crippen LogP contribution < -0.4 is 5.32 Å². The molecule has 1 aromatic heterocycles. The fraction of sp³-hybridized carbons (Fsp3) is 0.727. The van der Waals surface area contributed by atoms with E-state index in [9.17, 15) is 8.42 Å². The first-order valence-corrected chi connectivity index (χ1v) is 8.60. The second-order valence-electron chi connectivity index (χ2n) is 4.49. The molecule has 0 radical (unpaired) electrons. The van der Waals surface area contributed by atoms with E-state index >= 15 is 0 Å². The van der Waals surface area contributed by atoms with Crippen LogP contribution in [0.1, 0.15) is 23.5 Å². The molecule has 0 unspecified atom stereocenters. The fourth-order valence-electron chi connectivity index (χ4n) is 2.02. The standard InChI is InChI=1S/C11H18N2O2S2/c1-9-13-11(8-16-9)2-5-12-10-3-6-17(14,15)7-4-10/h8,10,12H,2-7H2,1H3. The summed E-state index contributed by atoms with van der Waals surface area (Å²) in [7, 11) is -2.74. The van der Waals surface area contributed by atoms with Crippen LogP contribution in [0, 0.1) is 6.92 Å². The van der Waals surface area contributed by atoms with Gasteiger partial charge < -0.3 is 5.32 Å². The van der Waals surface area contributed by atoms with E-state index in [0.29, 0.717) is 17.5 Å². The third-order valence-corrected chi connectivity index (χ3v) is 5.57. The molecule has 1 aliphatic heterocycles. The lowest BCUT2D eigenvalue weighted by Gasteiger charge is -2.22. The number of aromatic nitrogens is 1. The van der Waals surface area contributed by atoms with Crippen molar-refractivity contribution < 1.29 is 8.42 Å². The second-order valence-corrected chi connectivity index (χ2v) is 7.85. The quantitative estimate of drug-likeness (QED) is 0.895. The molecule has 17 heavy (non-hydrogen) atoms. The molecular weight excluding hydrogens is 256 g/mol. The zero-order valence-corrected chi connectivity index (χ0v) is 11.6. The van der Waals surface area contributed by atoms with Gasteiger partial charge in [0.1, 0.15) is 9.84 Å². The van der Waals surface area contributed by atoms with E-state index in [2.05, 4.69) is 15.7 Å². The molecule has 4 nitrogen and oxygen atoms in total. The molecule has 0 spiro atoms.